The molecule has 0 aliphatic heterocycles. The Morgan fingerprint density at radius 2 is 1.88 bits per heavy atom. The van der Waals surface area contributed by atoms with Crippen LogP contribution >= 0.6 is 11.6 Å². The van der Waals surface area contributed by atoms with Gasteiger partial charge in [0.15, 0.2) is 0 Å². The van der Waals surface area contributed by atoms with E-state index >= 15 is 0 Å². The van der Waals surface area contributed by atoms with Crippen LogP contribution in [-0.4, -0.2) is 20.9 Å². The Morgan fingerprint density at radius 1 is 1.24 bits per heavy atom. The van der Waals surface area contributed by atoms with E-state index in [9.17, 15) is 13.2 Å². The Balaban J connectivity index is 2.43. The first-order valence-corrected chi connectivity index (χ1v) is 9.35. The second kappa shape index (κ2) is 7.72. The molecule has 25 heavy (non-hydrogen) atoms. The molecule has 2 aromatic carbocycles. The quantitative estimate of drug-likeness (QED) is 0.773. The van der Waals surface area contributed by atoms with Crippen LogP contribution in [0.5, 0.6) is 0 Å². The first kappa shape index (κ1) is 19.0. The fourth-order valence-corrected chi connectivity index (χ4v) is 3.84. The number of amides is 1. The van der Waals surface area contributed by atoms with Crippen LogP contribution < -0.4 is 9.62 Å². The molecular formula is C18H19ClN2O3S. The summed E-state index contributed by atoms with van der Waals surface area (Å²) >= 11 is 6.14. The molecule has 0 radical (unpaired) electrons. The van der Waals surface area contributed by atoms with Gasteiger partial charge in [0.2, 0.25) is 5.91 Å². The maximum Gasteiger partial charge on any atom is 0.264 e. The van der Waals surface area contributed by atoms with Crippen molar-refractivity contribution < 1.29 is 13.2 Å². The van der Waals surface area contributed by atoms with Gasteiger partial charge in [0.25, 0.3) is 10.0 Å². The fraction of sp³-hybridized carbons (Fsp3) is 0.167. The number of hydrogen-bond acceptors (Lipinski definition) is 3. The van der Waals surface area contributed by atoms with E-state index in [4.69, 9.17) is 11.6 Å². The number of carbonyl (C=O) groups is 1. The largest absolute Gasteiger partial charge is 0.326 e. The first-order chi connectivity index (χ1) is 11.8. The summed E-state index contributed by atoms with van der Waals surface area (Å²) in [5.74, 6) is -0.224. The third-order valence-corrected chi connectivity index (χ3v) is 5.72. The van der Waals surface area contributed by atoms with Gasteiger partial charge in [0, 0.05) is 17.6 Å². The Bertz CT molecular complexity index is 893. The molecule has 0 heterocycles. The lowest BCUT2D eigenvalue weighted by atomic mass is 10.2. The van der Waals surface area contributed by atoms with Crippen LogP contribution in [0.1, 0.15) is 12.5 Å². The summed E-state index contributed by atoms with van der Waals surface area (Å²) in [7, 11) is -3.80. The predicted molar refractivity (Wildman–Crippen MR) is 102 cm³/mol. The summed E-state index contributed by atoms with van der Waals surface area (Å²) in [4.78, 5) is 11.2. The predicted octanol–water partition coefficient (Wildman–Crippen LogP) is 3.99. The molecule has 5 nitrogen and oxygen atoms in total. The van der Waals surface area contributed by atoms with Crippen molar-refractivity contribution in [3.63, 3.8) is 0 Å². The van der Waals surface area contributed by atoms with E-state index in [2.05, 4.69) is 11.9 Å². The smallest absolute Gasteiger partial charge is 0.264 e. The minimum atomic E-state index is -3.80. The average molecular weight is 379 g/mol. The number of benzene rings is 2. The van der Waals surface area contributed by atoms with Crippen LogP contribution in [0, 0.1) is 6.92 Å². The molecule has 0 aliphatic carbocycles. The fourth-order valence-electron chi connectivity index (χ4n) is 2.24. The molecule has 1 amide bonds. The Hall–Kier alpha value is -2.31. The van der Waals surface area contributed by atoms with E-state index < -0.39 is 10.0 Å². The van der Waals surface area contributed by atoms with Gasteiger partial charge >= 0.3 is 0 Å². The standard InChI is InChI=1S/C18H19ClN2O3S/c1-4-11-21(16-8-5-13(2)18(19)12-16)25(23,24)17-9-6-15(7-10-17)20-14(3)22/h4-10,12H,1,11H2,2-3H3,(H,20,22). The van der Waals surface area contributed by atoms with Gasteiger partial charge in [-0.15, -0.1) is 6.58 Å². The number of halogens is 1. The van der Waals surface area contributed by atoms with Crippen molar-refractivity contribution in [2.45, 2.75) is 18.7 Å². The molecule has 0 fully saturated rings. The lowest BCUT2D eigenvalue weighted by Crippen LogP contribution is -2.31. The van der Waals surface area contributed by atoms with Gasteiger partial charge in [-0.3, -0.25) is 9.10 Å². The molecule has 132 valence electrons. The third-order valence-electron chi connectivity index (χ3n) is 3.50. The van der Waals surface area contributed by atoms with E-state index in [0.29, 0.717) is 16.4 Å². The molecule has 2 aromatic rings. The SMILES string of the molecule is C=CCN(c1ccc(C)c(Cl)c1)S(=O)(=O)c1ccc(NC(C)=O)cc1. The number of carbonyl (C=O) groups excluding carboxylic acids is 1. The monoisotopic (exact) mass is 378 g/mol. The van der Waals surface area contributed by atoms with Crippen molar-refractivity contribution >= 4 is 38.9 Å². The summed E-state index contributed by atoms with van der Waals surface area (Å²) in [6.07, 6.45) is 1.51. The molecule has 0 aromatic heterocycles. The molecule has 7 heteroatoms. The molecule has 0 aliphatic rings. The van der Waals surface area contributed by atoms with Gasteiger partial charge in [-0.1, -0.05) is 23.7 Å². The van der Waals surface area contributed by atoms with Crippen LogP contribution in [0.3, 0.4) is 0 Å². The molecule has 0 saturated heterocycles. The van der Waals surface area contributed by atoms with Gasteiger partial charge < -0.3 is 5.32 Å². The van der Waals surface area contributed by atoms with E-state index in [1.807, 2.05) is 6.92 Å². The van der Waals surface area contributed by atoms with Gasteiger partial charge in [-0.2, -0.15) is 0 Å². The zero-order valence-corrected chi connectivity index (χ0v) is 15.6. The lowest BCUT2D eigenvalue weighted by Gasteiger charge is -2.23. The number of nitrogens with one attached hydrogen (secondary N) is 1. The highest BCUT2D eigenvalue weighted by atomic mass is 35.5. The maximum atomic E-state index is 13.0. The van der Waals surface area contributed by atoms with Crippen LogP contribution in [0.15, 0.2) is 60.0 Å². The molecular weight excluding hydrogens is 360 g/mol. The van der Waals surface area contributed by atoms with Gasteiger partial charge in [-0.25, -0.2) is 8.42 Å². The number of rotatable bonds is 6. The van der Waals surface area contributed by atoms with Crippen molar-refractivity contribution in [3.8, 4) is 0 Å². The summed E-state index contributed by atoms with van der Waals surface area (Å²) in [6.45, 7) is 6.97. The number of aryl methyl sites for hydroxylation is 1. The molecule has 0 spiro atoms. The van der Waals surface area contributed by atoms with Crippen LogP contribution in [0.2, 0.25) is 5.02 Å². The normalized spacial score (nSPS) is 11.0. The third kappa shape index (κ3) is 4.41. The highest BCUT2D eigenvalue weighted by Gasteiger charge is 2.24. The molecule has 1 N–H and O–H groups in total. The number of sulfonamides is 1. The van der Waals surface area contributed by atoms with Crippen LogP contribution in [0.25, 0.3) is 0 Å². The molecule has 0 bridgehead atoms. The number of anilines is 2. The first-order valence-electron chi connectivity index (χ1n) is 7.53. The van der Waals surface area contributed by atoms with Crippen LogP contribution in [0.4, 0.5) is 11.4 Å². The highest BCUT2D eigenvalue weighted by molar-refractivity contribution is 7.92. The van der Waals surface area contributed by atoms with Gasteiger partial charge in [-0.05, 0) is 48.9 Å². The van der Waals surface area contributed by atoms with Crippen molar-refractivity contribution in [2.75, 3.05) is 16.2 Å². The highest BCUT2D eigenvalue weighted by Crippen LogP contribution is 2.28. The minimum absolute atomic E-state index is 0.106. The zero-order chi connectivity index (χ0) is 18.6. The maximum absolute atomic E-state index is 13.0. The second-order valence-electron chi connectivity index (χ2n) is 5.46. The molecule has 0 unspecified atom stereocenters. The van der Waals surface area contributed by atoms with Gasteiger partial charge in [0.05, 0.1) is 17.1 Å². The Morgan fingerprint density at radius 3 is 2.40 bits per heavy atom. The topological polar surface area (TPSA) is 66.5 Å². The molecule has 0 saturated carbocycles. The van der Waals surface area contributed by atoms with Crippen LogP contribution in [-0.2, 0) is 14.8 Å². The van der Waals surface area contributed by atoms with Crippen molar-refractivity contribution in [1.82, 2.24) is 0 Å². The summed E-state index contributed by atoms with van der Waals surface area (Å²) in [6, 6.07) is 11.1. The average Bonchev–Trinajstić information content (AvgIpc) is 2.55. The summed E-state index contributed by atoms with van der Waals surface area (Å²) in [5, 5.41) is 3.09. The van der Waals surface area contributed by atoms with E-state index in [-0.39, 0.29) is 17.3 Å². The van der Waals surface area contributed by atoms with Crippen molar-refractivity contribution in [2.24, 2.45) is 0 Å². The van der Waals surface area contributed by atoms with E-state index in [1.54, 1.807) is 30.3 Å². The second-order valence-corrected chi connectivity index (χ2v) is 7.73. The van der Waals surface area contributed by atoms with Crippen molar-refractivity contribution in [1.29, 1.82) is 0 Å². The summed E-state index contributed by atoms with van der Waals surface area (Å²) in [5.41, 5.74) is 1.85. The van der Waals surface area contributed by atoms with Gasteiger partial charge in [0.1, 0.15) is 0 Å². The Kier molecular flexibility index (Phi) is 5.87. The number of nitrogens with zero attached hydrogens (tertiary/aromatic N) is 1. The van der Waals surface area contributed by atoms with E-state index in [1.165, 1.54) is 29.4 Å². The zero-order valence-electron chi connectivity index (χ0n) is 14.0. The molecule has 2 rings (SSSR count). The van der Waals surface area contributed by atoms with E-state index in [0.717, 1.165) is 5.56 Å². The minimum Gasteiger partial charge on any atom is -0.326 e. The summed E-state index contributed by atoms with van der Waals surface area (Å²) < 4.78 is 27.2. The lowest BCUT2D eigenvalue weighted by molar-refractivity contribution is -0.114. The number of hydrogen-bond donors (Lipinski definition) is 1. The Labute approximate surface area is 153 Å². The van der Waals surface area contributed by atoms with Crippen molar-refractivity contribution in [3.05, 3.63) is 65.7 Å². The molecule has 0 atom stereocenters.